The van der Waals surface area contributed by atoms with E-state index in [1.807, 2.05) is 0 Å². The van der Waals surface area contributed by atoms with Crippen molar-refractivity contribution in [3.63, 3.8) is 0 Å². The van der Waals surface area contributed by atoms with Crippen LogP contribution in [-0.4, -0.2) is 33.3 Å². The molecule has 7 heteroatoms. The van der Waals surface area contributed by atoms with Gasteiger partial charge < -0.3 is 10.6 Å². The Hall–Kier alpha value is -0.720. The molecule has 1 aromatic heterocycles. The fourth-order valence-electron chi connectivity index (χ4n) is 2.10. The summed E-state index contributed by atoms with van der Waals surface area (Å²) in [6, 6.07) is 0.474. The lowest BCUT2D eigenvalue weighted by molar-refractivity contribution is 0.0893. The highest BCUT2D eigenvalue weighted by Gasteiger charge is 2.29. The Labute approximate surface area is 111 Å². The second kappa shape index (κ2) is 6.28. The Morgan fingerprint density at radius 1 is 1.59 bits per heavy atom. The van der Waals surface area contributed by atoms with Gasteiger partial charge in [-0.2, -0.15) is 8.75 Å². The lowest BCUT2D eigenvalue weighted by atomic mass is 9.89. The van der Waals surface area contributed by atoms with Crippen molar-refractivity contribution in [2.75, 3.05) is 6.54 Å². The summed E-state index contributed by atoms with van der Waals surface area (Å²) in [6.07, 6.45) is 2.59. The molecule has 5 nitrogen and oxygen atoms in total. The number of aromatic nitrogens is 2. The van der Waals surface area contributed by atoms with E-state index < -0.39 is 0 Å². The summed E-state index contributed by atoms with van der Waals surface area (Å²) in [4.78, 5) is 11.8. The van der Waals surface area contributed by atoms with Crippen LogP contribution in [0.5, 0.6) is 0 Å². The third kappa shape index (κ3) is 3.37. The first-order valence-electron chi connectivity index (χ1n) is 5.50. The first-order valence-corrected chi connectivity index (χ1v) is 6.23. The van der Waals surface area contributed by atoms with Crippen LogP contribution in [0.1, 0.15) is 30.8 Å². The minimum absolute atomic E-state index is 0. The molecule has 1 aromatic rings. The van der Waals surface area contributed by atoms with Crippen LogP contribution in [0.4, 0.5) is 0 Å². The molecule has 2 N–H and O–H groups in total. The smallest absolute Gasteiger partial charge is 0.272 e. The number of amides is 1. The molecule has 1 amide bonds. The van der Waals surface area contributed by atoms with Gasteiger partial charge >= 0.3 is 0 Å². The molecular weight excluding hydrogens is 260 g/mol. The van der Waals surface area contributed by atoms with Crippen molar-refractivity contribution in [2.45, 2.75) is 32.4 Å². The molecule has 1 aliphatic heterocycles. The van der Waals surface area contributed by atoms with Gasteiger partial charge in [-0.3, -0.25) is 4.79 Å². The highest BCUT2D eigenvalue weighted by molar-refractivity contribution is 6.99. The zero-order valence-electron chi connectivity index (χ0n) is 9.84. The van der Waals surface area contributed by atoms with Crippen LogP contribution >= 0.6 is 24.1 Å². The zero-order chi connectivity index (χ0) is 11.5. The maximum absolute atomic E-state index is 11.8. The topological polar surface area (TPSA) is 66.9 Å². The first kappa shape index (κ1) is 14.3. The lowest BCUT2D eigenvalue weighted by Crippen LogP contribution is -2.55. The predicted octanol–water partition coefficient (Wildman–Crippen LogP) is 1.08. The molecule has 0 spiro atoms. The maximum Gasteiger partial charge on any atom is 0.272 e. The normalized spacial score (nSPS) is 28.2. The summed E-state index contributed by atoms with van der Waals surface area (Å²) < 4.78 is 7.76. The van der Waals surface area contributed by atoms with E-state index in [0.29, 0.717) is 17.7 Å². The molecule has 2 heterocycles. The molecule has 1 saturated heterocycles. The minimum Gasteiger partial charge on any atom is -0.346 e. The third-order valence-corrected chi connectivity index (χ3v) is 3.59. The van der Waals surface area contributed by atoms with E-state index in [0.717, 1.165) is 24.7 Å². The number of nitrogens with one attached hydrogen (secondary N) is 2. The van der Waals surface area contributed by atoms with Gasteiger partial charge in [0, 0.05) is 12.1 Å². The number of nitrogens with zero attached hydrogens (tertiary/aromatic N) is 2. The van der Waals surface area contributed by atoms with Crippen LogP contribution in [-0.2, 0) is 0 Å². The van der Waals surface area contributed by atoms with Crippen LogP contribution in [0.2, 0.25) is 0 Å². The molecule has 1 aliphatic rings. The number of carbonyl (C=O) groups excluding carboxylic acids is 1. The number of halogens is 1. The summed E-state index contributed by atoms with van der Waals surface area (Å²) in [6.45, 7) is 5.29. The van der Waals surface area contributed by atoms with Crippen LogP contribution in [0.3, 0.4) is 0 Å². The second-order valence-corrected chi connectivity index (χ2v) is 4.86. The Morgan fingerprint density at radius 2 is 2.35 bits per heavy atom. The van der Waals surface area contributed by atoms with Crippen molar-refractivity contribution in [3.05, 3.63) is 11.9 Å². The monoisotopic (exact) mass is 276 g/mol. The summed E-state index contributed by atoms with van der Waals surface area (Å²) in [7, 11) is 0. The first-order chi connectivity index (χ1) is 7.68. The molecule has 0 radical (unpaired) electrons. The van der Waals surface area contributed by atoms with Gasteiger partial charge in [0.05, 0.1) is 17.9 Å². The quantitative estimate of drug-likeness (QED) is 0.848. The third-order valence-electron chi connectivity index (χ3n) is 3.11. The van der Waals surface area contributed by atoms with Crippen molar-refractivity contribution in [1.29, 1.82) is 0 Å². The van der Waals surface area contributed by atoms with E-state index >= 15 is 0 Å². The Bertz CT molecular complexity index is 349. The Balaban J connectivity index is 0.00000144. The number of carbonyl (C=O) groups is 1. The van der Waals surface area contributed by atoms with Gasteiger partial charge in [0.2, 0.25) is 0 Å². The van der Waals surface area contributed by atoms with Crippen molar-refractivity contribution in [1.82, 2.24) is 19.4 Å². The van der Waals surface area contributed by atoms with E-state index in [9.17, 15) is 4.79 Å². The molecule has 3 atom stereocenters. The predicted molar refractivity (Wildman–Crippen MR) is 69.7 cm³/mol. The van der Waals surface area contributed by atoms with Crippen molar-refractivity contribution >= 4 is 30.0 Å². The highest BCUT2D eigenvalue weighted by atomic mass is 35.5. The van der Waals surface area contributed by atoms with Crippen LogP contribution < -0.4 is 10.6 Å². The van der Waals surface area contributed by atoms with Gasteiger partial charge in [0.1, 0.15) is 0 Å². The highest BCUT2D eigenvalue weighted by Crippen LogP contribution is 2.16. The molecular formula is C10H17ClN4OS. The van der Waals surface area contributed by atoms with Gasteiger partial charge in [-0.15, -0.1) is 12.4 Å². The van der Waals surface area contributed by atoms with Gasteiger partial charge in [-0.05, 0) is 25.8 Å². The number of hydrogen-bond donors (Lipinski definition) is 2. The fourth-order valence-corrected chi connectivity index (χ4v) is 2.51. The molecule has 1 fully saturated rings. The summed E-state index contributed by atoms with van der Waals surface area (Å²) >= 11 is 1.06. The molecule has 96 valence electrons. The summed E-state index contributed by atoms with van der Waals surface area (Å²) in [5, 5.41) is 6.39. The molecule has 2 rings (SSSR count). The second-order valence-electron chi connectivity index (χ2n) is 4.30. The van der Waals surface area contributed by atoms with Crippen molar-refractivity contribution in [2.24, 2.45) is 5.92 Å². The van der Waals surface area contributed by atoms with Crippen LogP contribution in [0, 0.1) is 5.92 Å². The lowest BCUT2D eigenvalue weighted by Gasteiger charge is -2.35. The standard InChI is InChI=1S/C10H16N4OS.ClH/c1-6-3-4-11-7(2)9(6)13-10(15)8-5-12-16-14-8;/h5-7,9,11H,3-4H2,1-2H3,(H,13,15);1H. The Kier molecular flexibility index (Phi) is 5.30. The molecule has 0 bridgehead atoms. The number of piperidine rings is 1. The van der Waals surface area contributed by atoms with E-state index in [4.69, 9.17) is 0 Å². The molecule has 0 saturated carbocycles. The van der Waals surface area contributed by atoms with Crippen LogP contribution in [0.25, 0.3) is 0 Å². The molecule has 0 aliphatic carbocycles. The van der Waals surface area contributed by atoms with Gasteiger partial charge in [-0.25, -0.2) is 0 Å². The molecule has 3 unspecified atom stereocenters. The van der Waals surface area contributed by atoms with Gasteiger partial charge in [-0.1, -0.05) is 6.92 Å². The SMILES string of the molecule is CC1CCNC(C)C1NC(=O)c1cnsn1.Cl. The van der Waals surface area contributed by atoms with Gasteiger partial charge in [0.25, 0.3) is 5.91 Å². The molecule has 17 heavy (non-hydrogen) atoms. The average Bonchev–Trinajstić information content (AvgIpc) is 2.76. The summed E-state index contributed by atoms with van der Waals surface area (Å²) in [5.74, 6) is 0.368. The van der Waals surface area contributed by atoms with E-state index in [-0.39, 0.29) is 24.4 Å². The zero-order valence-corrected chi connectivity index (χ0v) is 11.5. The Morgan fingerprint density at radius 3 is 2.94 bits per heavy atom. The molecule has 0 aromatic carbocycles. The van der Waals surface area contributed by atoms with Crippen LogP contribution in [0.15, 0.2) is 6.20 Å². The van der Waals surface area contributed by atoms with Crippen molar-refractivity contribution in [3.8, 4) is 0 Å². The largest absolute Gasteiger partial charge is 0.346 e. The minimum atomic E-state index is -0.124. The average molecular weight is 277 g/mol. The van der Waals surface area contributed by atoms with E-state index in [1.165, 1.54) is 6.20 Å². The fraction of sp³-hybridized carbons (Fsp3) is 0.700. The van der Waals surface area contributed by atoms with E-state index in [2.05, 4.69) is 33.2 Å². The summed E-state index contributed by atoms with van der Waals surface area (Å²) in [5.41, 5.74) is 0.412. The number of rotatable bonds is 2. The van der Waals surface area contributed by atoms with Gasteiger partial charge in [0.15, 0.2) is 5.69 Å². The number of hydrogen-bond acceptors (Lipinski definition) is 5. The van der Waals surface area contributed by atoms with E-state index in [1.54, 1.807) is 0 Å². The maximum atomic E-state index is 11.8. The van der Waals surface area contributed by atoms with Crippen molar-refractivity contribution < 1.29 is 4.79 Å².